The van der Waals surface area contributed by atoms with Crippen LogP contribution in [0.2, 0.25) is 0 Å². The number of para-hydroxylation sites is 1. The van der Waals surface area contributed by atoms with E-state index in [1.165, 1.54) is 4.88 Å². The third kappa shape index (κ3) is 3.09. The van der Waals surface area contributed by atoms with E-state index in [0.717, 1.165) is 37.0 Å². The third-order valence-corrected chi connectivity index (χ3v) is 5.42. The van der Waals surface area contributed by atoms with Crippen molar-refractivity contribution in [1.29, 1.82) is 0 Å². The number of benzene rings is 1. The minimum absolute atomic E-state index is 0.0755. The molecule has 4 nitrogen and oxygen atoms in total. The monoisotopic (exact) mass is 340 g/mol. The number of rotatable bonds is 4. The van der Waals surface area contributed by atoms with Crippen molar-refractivity contribution in [2.75, 3.05) is 13.2 Å². The van der Waals surface area contributed by atoms with Gasteiger partial charge in [-0.3, -0.25) is 4.79 Å². The van der Waals surface area contributed by atoms with Gasteiger partial charge in [-0.05, 0) is 36.4 Å². The van der Waals surface area contributed by atoms with Crippen molar-refractivity contribution in [3.63, 3.8) is 0 Å². The van der Waals surface area contributed by atoms with Crippen LogP contribution in [0.15, 0.2) is 47.8 Å². The molecule has 0 unspecified atom stereocenters. The van der Waals surface area contributed by atoms with Crippen molar-refractivity contribution in [1.82, 2.24) is 9.88 Å². The summed E-state index contributed by atoms with van der Waals surface area (Å²) in [4.78, 5) is 19.7. The maximum Gasteiger partial charge on any atom is 0.270 e. The van der Waals surface area contributed by atoms with Gasteiger partial charge in [0.2, 0.25) is 0 Å². The van der Waals surface area contributed by atoms with Gasteiger partial charge < -0.3 is 14.6 Å². The fraction of sp³-hybridized carbons (Fsp3) is 0.316. The number of hydrogen-bond acceptors (Lipinski definition) is 3. The second-order valence-corrected chi connectivity index (χ2v) is 7.16. The van der Waals surface area contributed by atoms with Crippen LogP contribution in [0.5, 0.6) is 0 Å². The Morgan fingerprint density at radius 3 is 2.79 bits per heavy atom. The number of ether oxygens (including phenoxy) is 1. The summed E-state index contributed by atoms with van der Waals surface area (Å²) >= 11 is 1.70. The molecule has 24 heavy (non-hydrogen) atoms. The molecule has 1 amide bonds. The highest BCUT2D eigenvalue weighted by Crippen LogP contribution is 2.23. The average molecular weight is 340 g/mol. The van der Waals surface area contributed by atoms with E-state index in [-0.39, 0.29) is 11.9 Å². The second kappa shape index (κ2) is 6.79. The summed E-state index contributed by atoms with van der Waals surface area (Å²) in [7, 11) is 0. The Morgan fingerprint density at radius 1 is 1.21 bits per heavy atom. The lowest BCUT2D eigenvalue weighted by molar-refractivity contribution is 0.0267. The van der Waals surface area contributed by atoms with Crippen molar-refractivity contribution < 1.29 is 9.53 Å². The first-order chi connectivity index (χ1) is 11.8. The number of nitrogens with zero attached hydrogens (tertiary/aromatic N) is 1. The zero-order valence-electron chi connectivity index (χ0n) is 13.4. The third-order valence-electron chi connectivity index (χ3n) is 4.56. The van der Waals surface area contributed by atoms with Crippen molar-refractivity contribution >= 4 is 28.1 Å². The molecule has 0 saturated carbocycles. The molecule has 0 aliphatic carbocycles. The molecule has 0 radical (unpaired) electrons. The molecule has 1 fully saturated rings. The highest BCUT2D eigenvalue weighted by Gasteiger charge is 2.28. The van der Waals surface area contributed by atoms with Gasteiger partial charge in [0.1, 0.15) is 5.69 Å². The summed E-state index contributed by atoms with van der Waals surface area (Å²) < 4.78 is 5.48. The minimum atomic E-state index is 0.0755. The number of nitrogens with one attached hydrogen (secondary N) is 1. The number of aromatic amines is 1. The first-order valence-corrected chi connectivity index (χ1v) is 9.18. The molecule has 0 atom stereocenters. The fourth-order valence-electron chi connectivity index (χ4n) is 3.28. The van der Waals surface area contributed by atoms with Gasteiger partial charge >= 0.3 is 0 Å². The predicted molar refractivity (Wildman–Crippen MR) is 96.3 cm³/mol. The SMILES string of the molecule is O=C(c1cc2ccccc2[nH]1)N(Cc1cccs1)C1CCOCC1. The number of thiophene rings is 1. The van der Waals surface area contributed by atoms with Gasteiger partial charge in [-0.2, -0.15) is 0 Å². The Kier molecular flexibility index (Phi) is 4.36. The van der Waals surface area contributed by atoms with Gasteiger partial charge in [-0.1, -0.05) is 24.3 Å². The average Bonchev–Trinajstić information content (AvgIpc) is 3.29. The standard InChI is InChI=1S/C19H20N2O2S/c22-19(18-12-14-4-1-2-6-17(14)20-18)21(13-16-5-3-11-24-16)15-7-9-23-10-8-15/h1-6,11-12,15,20H,7-10,13H2. The largest absolute Gasteiger partial charge is 0.381 e. The Bertz CT molecular complexity index is 786. The molecule has 4 rings (SSSR count). The van der Waals surface area contributed by atoms with E-state index < -0.39 is 0 Å². The van der Waals surface area contributed by atoms with Crippen molar-refractivity contribution in [3.05, 3.63) is 58.4 Å². The minimum Gasteiger partial charge on any atom is -0.381 e. The zero-order chi connectivity index (χ0) is 16.4. The van der Waals surface area contributed by atoms with Crippen LogP contribution >= 0.6 is 11.3 Å². The van der Waals surface area contributed by atoms with Gasteiger partial charge in [0.05, 0.1) is 6.54 Å². The van der Waals surface area contributed by atoms with Crippen molar-refractivity contribution in [2.45, 2.75) is 25.4 Å². The van der Waals surface area contributed by atoms with E-state index in [0.29, 0.717) is 12.2 Å². The van der Waals surface area contributed by atoms with Crippen LogP contribution in [-0.4, -0.2) is 35.0 Å². The molecule has 1 aliphatic heterocycles. The highest BCUT2D eigenvalue weighted by molar-refractivity contribution is 7.09. The molecule has 1 N–H and O–H groups in total. The predicted octanol–water partition coefficient (Wildman–Crippen LogP) is 4.05. The maximum atomic E-state index is 13.2. The molecule has 1 aliphatic rings. The van der Waals surface area contributed by atoms with Crippen molar-refractivity contribution in [2.24, 2.45) is 0 Å². The normalized spacial score (nSPS) is 15.7. The number of hydrogen-bond donors (Lipinski definition) is 1. The van der Waals surface area contributed by atoms with Gasteiger partial charge in [-0.25, -0.2) is 0 Å². The van der Waals surface area contributed by atoms with Gasteiger partial charge in [-0.15, -0.1) is 11.3 Å². The molecular weight excluding hydrogens is 320 g/mol. The van der Waals surface area contributed by atoms with Crippen molar-refractivity contribution in [3.8, 4) is 0 Å². The molecule has 0 bridgehead atoms. The Hall–Kier alpha value is -2.11. The number of carbonyl (C=O) groups excluding carboxylic acids is 1. The van der Waals surface area contributed by atoms with Crippen LogP contribution < -0.4 is 0 Å². The molecule has 3 aromatic rings. The lowest BCUT2D eigenvalue weighted by Crippen LogP contribution is -2.43. The molecule has 124 valence electrons. The number of H-pyrrole nitrogens is 1. The van der Waals surface area contributed by atoms with E-state index in [9.17, 15) is 4.79 Å². The quantitative estimate of drug-likeness (QED) is 0.779. The smallest absolute Gasteiger partial charge is 0.270 e. The number of carbonyl (C=O) groups is 1. The Labute approximate surface area is 145 Å². The maximum absolute atomic E-state index is 13.2. The number of aromatic nitrogens is 1. The summed E-state index contributed by atoms with van der Waals surface area (Å²) in [6.07, 6.45) is 1.80. The molecule has 1 saturated heterocycles. The second-order valence-electron chi connectivity index (χ2n) is 6.13. The van der Waals surface area contributed by atoms with Gasteiger partial charge in [0.15, 0.2) is 0 Å². The molecule has 2 aromatic heterocycles. The molecule has 3 heterocycles. The molecule has 1 aromatic carbocycles. The lowest BCUT2D eigenvalue weighted by atomic mass is 10.1. The number of fused-ring (bicyclic) bond motifs is 1. The van der Waals surface area contributed by atoms with Crippen LogP contribution in [0.25, 0.3) is 10.9 Å². The summed E-state index contributed by atoms with van der Waals surface area (Å²) in [5.74, 6) is 0.0755. The van der Waals surface area contributed by atoms with E-state index in [4.69, 9.17) is 4.74 Å². The zero-order valence-corrected chi connectivity index (χ0v) is 14.2. The van der Waals surface area contributed by atoms with E-state index in [1.54, 1.807) is 11.3 Å². The van der Waals surface area contributed by atoms with Crippen LogP contribution in [0.1, 0.15) is 28.2 Å². The summed E-state index contributed by atoms with van der Waals surface area (Å²) in [6.45, 7) is 2.12. The van der Waals surface area contributed by atoms with Crippen LogP contribution in [0, 0.1) is 0 Å². The van der Waals surface area contributed by atoms with Crippen LogP contribution in [0.4, 0.5) is 0 Å². The topological polar surface area (TPSA) is 45.3 Å². The van der Waals surface area contributed by atoms with Gasteiger partial charge in [0.25, 0.3) is 5.91 Å². The Balaban J connectivity index is 1.64. The van der Waals surface area contributed by atoms with Crippen LogP contribution in [-0.2, 0) is 11.3 Å². The van der Waals surface area contributed by atoms with Crippen LogP contribution in [0.3, 0.4) is 0 Å². The summed E-state index contributed by atoms with van der Waals surface area (Å²) in [5.41, 5.74) is 1.67. The lowest BCUT2D eigenvalue weighted by Gasteiger charge is -2.34. The first-order valence-electron chi connectivity index (χ1n) is 8.30. The fourth-order valence-corrected chi connectivity index (χ4v) is 3.98. The van der Waals surface area contributed by atoms with E-state index >= 15 is 0 Å². The van der Waals surface area contributed by atoms with E-state index in [2.05, 4.69) is 16.4 Å². The number of amides is 1. The molecule has 5 heteroatoms. The molecule has 0 spiro atoms. The highest BCUT2D eigenvalue weighted by atomic mass is 32.1. The summed E-state index contributed by atoms with van der Waals surface area (Å²) in [6, 6.07) is 14.3. The van der Waals surface area contributed by atoms with Gasteiger partial charge in [0, 0.05) is 35.0 Å². The van der Waals surface area contributed by atoms with E-state index in [1.807, 2.05) is 41.3 Å². The first kappa shape index (κ1) is 15.4. The summed E-state index contributed by atoms with van der Waals surface area (Å²) in [5, 5.41) is 3.13. The Morgan fingerprint density at radius 2 is 2.04 bits per heavy atom. The molecular formula is C19H20N2O2S.